The molecule has 0 fully saturated rings. The molecule has 0 amide bonds. The summed E-state index contributed by atoms with van der Waals surface area (Å²) in [6.45, 7) is 2.02. The molecule has 0 saturated heterocycles. The Morgan fingerprint density at radius 1 is 1.06 bits per heavy atom. The minimum Gasteiger partial charge on any atom is -0.383 e. The second-order valence-corrected chi connectivity index (χ2v) is 7.95. The van der Waals surface area contributed by atoms with Gasteiger partial charge in [0.15, 0.2) is 5.82 Å². The fourth-order valence-corrected chi connectivity index (χ4v) is 3.91. The van der Waals surface area contributed by atoms with Gasteiger partial charge in [-0.3, -0.25) is 9.67 Å². The van der Waals surface area contributed by atoms with Crippen LogP contribution >= 0.6 is 11.6 Å². The van der Waals surface area contributed by atoms with Gasteiger partial charge in [-0.25, -0.2) is 19.9 Å². The lowest BCUT2D eigenvalue weighted by molar-refractivity contribution is 0.768. The van der Waals surface area contributed by atoms with Gasteiger partial charge >= 0.3 is 0 Å². The number of nitrogens with zero attached hydrogens (tertiary/aromatic N) is 7. The summed E-state index contributed by atoms with van der Waals surface area (Å²) in [6, 6.07) is 13.3. The predicted molar refractivity (Wildman–Crippen MR) is 128 cm³/mol. The lowest BCUT2D eigenvalue weighted by Crippen LogP contribution is -2.13. The molecule has 0 radical (unpaired) electrons. The lowest BCUT2D eigenvalue weighted by Gasteiger charge is -2.20. The summed E-state index contributed by atoms with van der Waals surface area (Å²) in [6.07, 6.45) is 4.76. The number of hydrogen-bond donors (Lipinski definition) is 2. The molecule has 1 aromatic carbocycles. The molecule has 0 aliphatic rings. The second kappa shape index (κ2) is 8.44. The van der Waals surface area contributed by atoms with Gasteiger partial charge in [0.05, 0.1) is 28.0 Å². The Labute approximate surface area is 194 Å². The van der Waals surface area contributed by atoms with Crippen LogP contribution in [0.25, 0.3) is 33.7 Å². The molecule has 33 heavy (non-hydrogen) atoms. The Kier molecular flexibility index (Phi) is 5.31. The van der Waals surface area contributed by atoms with E-state index in [1.54, 1.807) is 24.3 Å². The van der Waals surface area contributed by atoms with Crippen molar-refractivity contribution in [1.29, 1.82) is 0 Å². The highest BCUT2D eigenvalue weighted by atomic mass is 35.5. The van der Waals surface area contributed by atoms with Crippen LogP contribution in [0.1, 0.15) is 18.5 Å². The van der Waals surface area contributed by atoms with Crippen molar-refractivity contribution in [2.24, 2.45) is 7.05 Å². The van der Waals surface area contributed by atoms with E-state index >= 15 is 0 Å². The number of fused-ring (bicyclic) bond motifs is 1. The van der Waals surface area contributed by atoms with E-state index in [2.05, 4.69) is 36.4 Å². The fraction of sp³-hybridized carbons (Fsp3) is 0.130. The van der Waals surface area contributed by atoms with Gasteiger partial charge < -0.3 is 11.1 Å². The molecule has 0 bridgehead atoms. The fourth-order valence-electron chi connectivity index (χ4n) is 3.68. The van der Waals surface area contributed by atoms with Crippen molar-refractivity contribution in [3.8, 4) is 22.8 Å². The Morgan fingerprint density at radius 2 is 1.94 bits per heavy atom. The summed E-state index contributed by atoms with van der Waals surface area (Å²) in [5.74, 6) is 1.26. The van der Waals surface area contributed by atoms with Crippen LogP contribution in [0.15, 0.2) is 61.3 Å². The minimum atomic E-state index is -0.213. The van der Waals surface area contributed by atoms with Gasteiger partial charge in [-0.15, -0.1) is 0 Å². The Morgan fingerprint density at radius 3 is 2.70 bits per heavy atom. The zero-order valence-electron chi connectivity index (χ0n) is 17.9. The van der Waals surface area contributed by atoms with Crippen molar-refractivity contribution in [2.45, 2.75) is 13.0 Å². The number of para-hydroxylation sites is 1. The van der Waals surface area contributed by atoms with Crippen molar-refractivity contribution < 1.29 is 0 Å². The Balaban J connectivity index is 1.63. The highest BCUT2D eigenvalue weighted by Gasteiger charge is 2.21. The SMILES string of the molecule is CC(Nc1ncnc(N)c1-c1ncn(C)n1)c1cc2cccc(Cl)c2nc1-c1ccccn1. The monoisotopic (exact) mass is 457 g/mol. The molecule has 164 valence electrons. The van der Waals surface area contributed by atoms with Crippen LogP contribution in [0.3, 0.4) is 0 Å². The van der Waals surface area contributed by atoms with Crippen molar-refractivity contribution in [2.75, 3.05) is 11.1 Å². The smallest absolute Gasteiger partial charge is 0.188 e. The molecule has 0 spiro atoms. The predicted octanol–water partition coefficient (Wildman–Crippen LogP) is 4.29. The third kappa shape index (κ3) is 3.94. The van der Waals surface area contributed by atoms with Crippen LogP contribution in [-0.4, -0.2) is 34.7 Å². The van der Waals surface area contributed by atoms with Crippen LogP contribution in [0, 0.1) is 0 Å². The highest BCUT2D eigenvalue weighted by molar-refractivity contribution is 6.35. The zero-order chi connectivity index (χ0) is 22.9. The van der Waals surface area contributed by atoms with Crippen LogP contribution in [0.2, 0.25) is 5.02 Å². The second-order valence-electron chi connectivity index (χ2n) is 7.54. The van der Waals surface area contributed by atoms with Crippen molar-refractivity contribution in [1.82, 2.24) is 34.7 Å². The topological polar surface area (TPSA) is 120 Å². The first-order chi connectivity index (χ1) is 16.0. The van der Waals surface area contributed by atoms with Crippen molar-refractivity contribution in [3.05, 3.63) is 71.9 Å². The average molecular weight is 458 g/mol. The average Bonchev–Trinajstić information content (AvgIpc) is 3.25. The normalized spacial score (nSPS) is 12.1. The summed E-state index contributed by atoms with van der Waals surface area (Å²) in [5.41, 5.74) is 9.85. The molecular formula is C23H20ClN9. The van der Waals surface area contributed by atoms with Crippen LogP contribution in [-0.2, 0) is 7.05 Å². The van der Waals surface area contributed by atoms with Crippen LogP contribution < -0.4 is 11.1 Å². The first kappa shape index (κ1) is 20.8. The van der Waals surface area contributed by atoms with Gasteiger partial charge in [0.2, 0.25) is 0 Å². The molecule has 9 nitrogen and oxygen atoms in total. The number of rotatable bonds is 5. The zero-order valence-corrected chi connectivity index (χ0v) is 18.7. The number of hydrogen-bond acceptors (Lipinski definition) is 8. The van der Waals surface area contributed by atoms with E-state index in [0.717, 1.165) is 27.9 Å². The van der Waals surface area contributed by atoms with Crippen molar-refractivity contribution >= 4 is 34.1 Å². The molecule has 5 rings (SSSR count). The number of nitrogen functional groups attached to an aromatic ring is 1. The number of nitrogens with one attached hydrogen (secondary N) is 1. The summed E-state index contributed by atoms with van der Waals surface area (Å²) in [5, 5.41) is 9.33. The van der Waals surface area contributed by atoms with Gasteiger partial charge in [-0.05, 0) is 31.2 Å². The lowest BCUT2D eigenvalue weighted by atomic mass is 10.0. The van der Waals surface area contributed by atoms with E-state index in [0.29, 0.717) is 28.0 Å². The van der Waals surface area contributed by atoms with E-state index in [1.807, 2.05) is 43.3 Å². The molecule has 10 heteroatoms. The molecule has 0 aliphatic carbocycles. The summed E-state index contributed by atoms with van der Waals surface area (Å²) < 4.78 is 1.60. The quantitative estimate of drug-likeness (QED) is 0.401. The van der Waals surface area contributed by atoms with Crippen molar-refractivity contribution in [3.63, 3.8) is 0 Å². The third-order valence-electron chi connectivity index (χ3n) is 5.25. The Hall–Kier alpha value is -4.11. The van der Waals surface area contributed by atoms with Gasteiger partial charge in [-0.1, -0.05) is 29.8 Å². The maximum atomic E-state index is 6.44. The molecule has 4 aromatic heterocycles. The van der Waals surface area contributed by atoms with Gasteiger partial charge in [0, 0.05) is 24.2 Å². The number of nitrogens with two attached hydrogens (primary N) is 1. The van der Waals surface area contributed by atoms with E-state index in [4.69, 9.17) is 22.3 Å². The first-order valence-corrected chi connectivity index (χ1v) is 10.6. The molecule has 4 heterocycles. The maximum Gasteiger partial charge on any atom is 0.188 e. The summed E-state index contributed by atoms with van der Waals surface area (Å²) in [7, 11) is 1.79. The molecule has 5 aromatic rings. The maximum absolute atomic E-state index is 6.44. The number of pyridine rings is 2. The largest absolute Gasteiger partial charge is 0.383 e. The minimum absolute atomic E-state index is 0.213. The van der Waals surface area contributed by atoms with Gasteiger partial charge in [-0.2, -0.15) is 5.10 Å². The summed E-state index contributed by atoms with van der Waals surface area (Å²) >= 11 is 6.44. The third-order valence-corrected chi connectivity index (χ3v) is 5.56. The number of halogens is 1. The standard InChI is InChI=1S/C23H20ClN9/c1-13(30-22-18(21(25)27-11-28-22)23-29-12-33(2)32-23)15-10-14-6-5-7-16(24)19(14)31-20(15)17-8-3-4-9-26-17/h3-13H,1-2H3,(H3,25,27,28,30). The van der Waals surface area contributed by atoms with E-state index in [1.165, 1.54) is 6.33 Å². The number of benzene rings is 1. The van der Waals surface area contributed by atoms with Gasteiger partial charge in [0.1, 0.15) is 29.9 Å². The number of anilines is 2. The first-order valence-electron chi connectivity index (χ1n) is 10.2. The number of aryl methyl sites for hydroxylation is 1. The van der Waals surface area contributed by atoms with Crippen LogP contribution in [0.4, 0.5) is 11.6 Å². The Bertz CT molecular complexity index is 1450. The van der Waals surface area contributed by atoms with E-state index in [-0.39, 0.29) is 6.04 Å². The van der Waals surface area contributed by atoms with E-state index in [9.17, 15) is 0 Å². The molecule has 0 saturated carbocycles. The van der Waals surface area contributed by atoms with Gasteiger partial charge in [0.25, 0.3) is 0 Å². The van der Waals surface area contributed by atoms with E-state index < -0.39 is 0 Å². The van der Waals surface area contributed by atoms with Crippen LogP contribution in [0.5, 0.6) is 0 Å². The molecule has 1 atom stereocenters. The molecule has 1 unspecified atom stereocenters. The molecular weight excluding hydrogens is 438 g/mol. The summed E-state index contributed by atoms with van der Waals surface area (Å²) in [4.78, 5) is 22.3. The number of aromatic nitrogens is 7. The molecule has 3 N–H and O–H groups in total. The molecule has 0 aliphatic heterocycles. The highest BCUT2D eigenvalue weighted by Crippen LogP contribution is 2.35.